The van der Waals surface area contributed by atoms with E-state index in [1.165, 1.54) is 6.42 Å². The molecule has 0 atom stereocenters. The summed E-state index contributed by atoms with van der Waals surface area (Å²) in [5.74, 6) is -0.870. The lowest BCUT2D eigenvalue weighted by Gasteiger charge is -2.25. The highest BCUT2D eigenvalue weighted by molar-refractivity contribution is 6.35. The van der Waals surface area contributed by atoms with Gasteiger partial charge in [0, 0.05) is 31.5 Å². The summed E-state index contributed by atoms with van der Waals surface area (Å²) < 4.78 is 0. The second kappa shape index (κ2) is 8.51. The van der Waals surface area contributed by atoms with Crippen LogP contribution in [0.1, 0.15) is 44.6 Å². The maximum absolute atomic E-state index is 12.3. The van der Waals surface area contributed by atoms with E-state index in [1.54, 1.807) is 17.3 Å². The number of likely N-dealkylation sites (N-methyl/N-ethyl adjacent to an activating group) is 1. The molecule has 1 aromatic heterocycles. The van der Waals surface area contributed by atoms with Crippen LogP contribution in [0, 0.1) is 0 Å². The molecular formula is C17H25N3O2. The van der Waals surface area contributed by atoms with E-state index in [-0.39, 0.29) is 6.04 Å². The lowest BCUT2D eigenvalue weighted by molar-refractivity contribution is -0.146. The molecule has 0 aromatic carbocycles. The van der Waals surface area contributed by atoms with E-state index in [4.69, 9.17) is 0 Å². The molecule has 0 saturated heterocycles. The van der Waals surface area contributed by atoms with Crippen molar-refractivity contribution in [1.29, 1.82) is 0 Å². The van der Waals surface area contributed by atoms with Crippen LogP contribution in [0.25, 0.3) is 0 Å². The zero-order valence-electron chi connectivity index (χ0n) is 13.3. The molecule has 1 aromatic rings. The average Bonchev–Trinajstić information content (AvgIpc) is 2.57. The van der Waals surface area contributed by atoms with E-state index in [9.17, 15) is 9.59 Å². The lowest BCUT2D eigenvalue weighted by Crippen LogP contribution is -2.47. The van der Waals surface area contributed by atoms with Gasteiger partial charge < -0.3 is 10.2 Å². The van der Waals surface area contributed by atoms with Crippen LogP contribution in [0.5, 0.6) is 0 Å². The Kier molecular flexibility index (Phi) is 6.37. The van der Waals surface area contributed by atoms with Gasteiger partial charge in [0.25, 0.3) is 0 Å². The Balaban J connectivity index is 1.83. The molecule has 2 rings (SSSR count). The highest BCUT2D eigenvalue weighted by Gasteiger charge is 2.24. The molecule has 1 fully saturated rings. The monoisotopic (exact) mass is 303 g/mol. The van der Waals surface area contributed by atoms with E-state index in [0.29, 0.717) is 13.1 Å². The second-order valence-electron chi connectivity index (χ2n) is 5.80. The predicted octanol–water partition coefficient (Wildman–Crippen LogP) is 1.92. The number of carbonyl (C=O) groups is 2. The van der Waals surface area contributed by atoms with Gasteiger partial charge in [0.05, 0.1) is 0 Å². The summed E-state index contributed by atoms with van der Waals surface area (Å²) in [7, 11) is 0. The minimum Gasteiger partial charge on any atom is -0.345 e. The fourth-order valence-corrected chi connectivity index (χ4v) is 2.85. The van der Waals surface area contributed by atoms with Gasteiger partial charge >= 0.3 is 11.8 Å². The predicted molar refractivity (Wildman–Crippen MR) is 85.2 cm³/mol. The zero-order valence-corrected chi connectivity index (χ0v) is 13.3. The van der Waals surface area contributed by atoms with Crippen molar-refractivity contribution >= 4 is 11.8 Å². The maximum Gasteiger partial charge on any atom is 0.311 e. The Hall–Kier alpha value is -1.91. The summed E-state index contributed by atoms with van der Waals surface area (Å²) in [5, 5.41) is 2.89. The van der Waals surface area contributed by atoms with Gasteiger partial charge in [-0.2, -0.15) is 0 Å². The molecule has 5 nitrogen and oxygen atoms in total. The standard InChI is InChI=1S/C17H25N3O2/c1-2-20(13-10-14-8-11-18-12-9-14)17(22)16(21)19-15-6-4-3-5-7-15/h8-9,11-12,15H,2-7,10,13H2,1H3,(H,19,21). The Morgan fingerprint density at radius 3 is 2.55 bits per heavy atom. The van der Waals surface area contributed by atoms with Crippen molar-refractivity contribution in [3.05, 3.63) is 30.1 Å². The molecule has 5 heteroatoms. The Morgan fingerprint density at radius 2 is 1.91 bits per heavy atom. The molecule has 1 saturated carbocycles. The molecule has 0 spiro atoms. The van der Waals surface area contributed by atoms with Crippen molar-refractivity contribution in [3.63, 3.8) is 0 Å². The molecule has 22 heavy (non-hydrogen) atoms. The Labute approximate surface area is 132 Å². The number of hydrogen-bond donors (Lipinski definition) is 1. The summed E-state index contributed by atoms with van der Waals surface area (Å²) in [6, 6.07) is 4.03. The topological polar surface area (TPSA) is 62.3 Å². The first-order valence-electron chi connectivity index (χ1n) is 8.19. The summed E-state index contributed by atoms with van der Waals surface area (Å²) >= 11 is 0. The number of hydrogen-bond acceptors (Lipinski definition) is 3. The van der Waals surface area contributed by atoms with Crippen LogP contribution in [-0.2, 0) is 16.0 Å². The SMILES string of the molecule is CCN(CCc1ccncc1)C(=O)C(=O)NC1CCCCC1. The first-order chi connectivity index (χ1) is 10.7. The third-order valence-corrected chi connectivity index (χ3v) is 4.22. The second-order valence-corrected chi connectivity index (χ2v) is 5.80. The van der Waals surface area contributed by atoms with Crippen LogP contribution in [0.15, 0.2) is 24.5 Å². The quantitative estimate of drug-likeness (QED) is 0.845. The van der Waals surface area contributed by atoms with Gasteiger partial charge in [-0.05, 0) is 43.9 Å². The fourth-order valence-electron chi connectivity index (χ4n) is 2.85. The highest BCUT2D eigenvalue weighted by Crippen LogP contribution is 2.17. The van der Waals surface area contributed by atoms with Crippen LogP contribution < -0.4 is 5.32 Å². The van der Waals surface area contributed by atoms with E-state index in [0.717, 1.165) is 37.7 Å². The number of carbonyl (C=O) groups excluding carboxylic acids is 2. The molecule has 2 amide bonds. The molecule has 1 aliphatic carbocycles. The van der Waals surface area contributed by atoms with E-state index < -0.39 is 11.8 Å². The number of nitrogens with one attached hydrogen (secondary N) is 1. The third kappa shape index (κ3) is 4.83. The Bertz CT molecular complexity index is 484. The van der Waals surface area contributed by atoms with Gasteiger partial charge in [-0.25, -0.2) is 0 Å². The average molecular weight is 303 g/mol. The molecule has 1 heterocycles. The van der Waals surface area contributed by atoms with E-state index in [1.807, 2.05) is 19.1 Å². The highest BCUT2D eigenvalue weighted by atomic mass is 16.2. The van der Waals surface area contributed by atoms with Crippen LogP contribution in [0.2, 0.25) is 0 Å². The van der Waals surface area contributed by atoms with Crippen LogP contribution in [0.3, 0.4) is 0 Å². The lowest BCUT2D eigenvalue weighted by atomic mass is 9.95. The van der Waals surface area contributed by atoms with E-state index in [2.05, 4.69) is 10.3 Å². The fraction of sp³-hybridized carbons (Fsp3) is 0.588. The van der Waals surface area contributed by atoms with Crippen molar-refractivity contribution in [2.24, 2.45) is 0 Å². The van der Waals surface area contributed by atoms with Crippen LogP contribution in [-0.4, -0.2) is 40.8 Å². The van der Waals surface area contributed by atoms with Crippen molar-refractivity contribution in [2.75, 3.05) is 13.1 Å². The van der Waals surface area contributed by atoms with Gasteiger partial charge in [-0.3, -0.25) is 14.6 Å². The summed E-state index contributed by atoms with van der Waals surface area (Å²) in [4.78, 5) is 30.0. The van der Waals surface area contributed by atoms with Gasteiger partial charge in [-0.15, -0.1) is 0 Å². The molecule has 0 bridgehead atoms. The number of amides is 2. The zero-order chi connectivity index (χ0) is 15.8. The normalized spacial score (nSPS) is 15.3. The summed E-state index contributed by atoms with van der Waals surface area (Å²) in [6.07, 6.45) is 9.69. The third-order valence-electron chi connectivity index (χ3n) is 4.22. The Morgan fingerprint density at radius 1 is 1.23 bits per heavy atom. The van der Waals surface area contributed by atoms with Crippen molar-refractivity contribution < 1.29 is 9.59 Å². The summed E-state index contributed by atoms with van der Waals surface area (Å²) in [6.45, 7) is 3.00. The van der Waals surface area contributed by atoms with Gasteiger partial charge in [0.2, 0.25) is 0 Å². The van der Waals surface area contributed by atoms with Crippen LogP contribution in [0.4, 0.5) is 0 Å². The molecule has 120 valence electrons. The maximum atomic E-state index is 12.3. The van der Waals surface area contributed by atoms with Crippen molar-refractivity contribution in [2.45, 2.75) is 51.5 Å². The number of aromatic nitrogens is 1. The molecule has 1 N–H and O–H groups in total. The van der Waals surface area contributed by atoms with Gasteiger partial charge in [0.1, 0.15) is 0 Å². The van der Waals surface area contributed by atoms with Gasteiger partial charge in [-0.1, -0.05) is 19.3 Å². The molecule has 0 radical (unpaired) electrons. The van der Waals surface area contributed by atoms with Crippen LogP contribution >= 0.6 is 0 Å². The molecule has 1 aliphatic rings. The van der Waals surface area contributed by atoms with Crippen molar-refractivity contribution in [1.82, 2.24) is 15.2 Å². The number of rotatable bonds is 5. The largest absolute Gasteiger partial charge is 0.345 e. The smallest absolute Gasteiger partial charge is 0.311 e. The molecule has 0 aliphatic heterocycles. The van der Waals surface area contributed by atoms with Gasteiger partial charge in [0.15, 0.2) is 0 Å². The van der Waals surface area contributed by atoms with E-state index >= 15 is 0 Å². The molecule has 0 unspecified atom stereocenters. The minimum absolute atomic E-state index is 0.170. The number of nitrogens with zero attached hydrogens (tertiary/aromatic N) is 2. The van der Waals surface area contributed by atoms with Crippen molar-refractivity contribution in [3.8, 4) is 0 Å². The number of pyridine rings is 1. The first-order valence-corrected chi connectivity index (χ1v) is 8.19. The molecular weight excluding hydrogens is 278 g/mol. The first kappa shape index (κ1) is 16.5. The summed E-state index contributed by atoms with van der Waals surface area (Å²) in [5.41, 5.74) is 1.12. The minimum atomic E-state index is -0.455.